The molecular weight excluding hydrogens is 671 g/mol. The number of fused-ring (bicyclic) bond motifs is 9. The van der Waals surface area contributed by atoms with Crippen LogP contribution in [0.2, 0.25) is 0 Å². The summed E-state index contributed by atoms with van der Waals surface area (Å²) in [6.45, 7) is 0. The number of nitriles is 2. The van der Waals surface area contributed by atoms with Gasteiger partial charge in [-0.25, -0.2) is 0 Å². The zero-order valence-electron chi connectivity index (χ0n) is 29.5. The van der Waals surface area contributed by atoms with Crippen molar-refractivity contribution in [1.29, 1.82) is 10.5 Å². The van der Waals surface area contributed by atoms with Gasteiger partial charge < -0.3 is 13.7 Å². The number of benzene rings is 8. The standard InChI is InChI=1S/C50H29N5/c51-30-32-20-26-42-40-13-3-8-19-47(40)55(49(42)28-32)50-34(31-52)10-9-15-37(50)33-21-23-35(24-22-33)53-46-18-7-4-14-41(46)43-29-36(25-27-48(43)53)54-44-16-5-1-11-38(44)39-12-2-6-17-45(39)54/h1-29H. The molecule has 3 aromatic heterocycles. The Bertz CT molecular complexity index is 3400. The van der Waals surface area contributed by atoms with Crippen LogP contribution >= 0.6 is 0 Å². The quantitative estimate of drug-likeness (QED) is 0.184. The first-order valence-electron chi connectivity index (χ1n) is 18.3. The SMILES string of the molecule is N#Cc1ccc2c3ccccc3n(-c3c(C#N)cccc3-c3ccc(-n4c5ccccc5c5cc(-n6c7ccccc7c7ccccc76)ccc54)cc3)c2c1. The molecule has 0 saturated heterocycles. The lowest BCUT2D eigenvalue weighted by Gasteiger charge is -2.16. The maximum atomic E-state index is 10.5. The molecule has 0 radical (unpaired) electrons. The molecule has 11 aromatic rings. The number of hydrogen-bond acceptors (Lipinski definition) is 2. The summed E-state index contributed by atoms with van der Waals surface area (Å²) in [5.74, 6) is 0. The van der Waals surface area contributed by atoms with E-state index >= 15 is 0 Å². The van der Waals surface area contributed by atoms with E-state index < -0.39 is 0 Å². The smallest absolute Gasteiger partial charge is 0.101 e. The topological polar surface area (TPSA) is 62.4 Å². The normalized spacial score (nSPS) is 11.6. The summed E-state index contributed by atoms with van der Waals surface area (Å²) < 4.78 is 6.86. The minimum Gasteiger partial charge on any atom is -0.309 e. The number of nitrogens with zero attached hydrogens (tertiary/aromatic N) is 5. The van der Waals surface area contributed by atoms with Crippen LogP contribution in [0.15, 0.2) is 176 Å². The van der Waals surface area contributed by atoms with E-state index in [0.717, 1.165) is 61.0 Å². The third-order valence-electron chi connectivity index (χ3n) is 11.1. The number of rotatable bonds is 4. The Kier molecular flexibility index (Phi) is 6.61. The van der Waals surface area contributed by atoms with Crippen LogP contribution < -0.4 is 0 Å². The van der Waals surface area contributed by atoms with E-state index in [1.165, 1.54) is 32.6 Å². The fourth-order valence-corrected chi connectivity index (χ4v) is 8.76. The van der Waals surface area contributed by atoms with Gasteiger partial charge in [0.15, 0.2) is 0 Å². The minimum atomic E-state index is 0.563. The van der Waals surface area contributed by atoms with Crippen LogP contribution in [0.4, 0.5) is 0 Å². The van der Waals surface area contributed by atoms with Crippen molar-refractivity contribution in [1.82, 2.24) is 13.7 Å². The Hall–Kier alpha value is -7.86. The highest BCUT2D eigenvalue weighted by Crippen LogP contribution is 2.40. The van der Waals surface area contributed by atoms with Crippen molar-refractivity contribution in [3.8, 4) is 40.3 Å². The molecule has 3 heterocycles. The van der Waals surface area contributed by atoms with E-state index in [0.29, 0.717) is 11.1 Å². The number of para-hydroxylation sites is 5. The molecule has 0 aliphatic carbocycles. The second-order valence-corrected chi connectivity index (χ2v) is 14.0. The third-order valence-corrected chi connectivity index (χ3v) is 11.1. The molecule has 0 amide bonds. The van der Waals surface area contributed by atoms with Gasteiger partial charge >= 0.3 is 0 Å². The van der Waals surface area contributed by atoms with E-state index in [-0.39, 0.29) is 0 Å². The molecule has 8 aromatic carbocycles. The van der Waals surface area contributed by atoms with Gasteiger partial charge in [0, 0.05) is 49.3 Å². The average molecular weight is 700 g/mol. The molecule has 0 fully saturated rings. The van der Waals surface area contributed by atoms with Crippen molar-refractivity contribution >= 4 is 65.4 Å². The van der Waals surface area contributed by atoms with Crippen LogP contribution in [0.5, 0.6) is 0 Å². The number of hydrogen-bond donors (Lipinski definition) is 0. The molecule has 254 valence electrons. The molecule has 5 nitrogen and oxygen atoms in total. The average Bonchev–Trinajstić information content (AvgIpc) is 3.88. The van der Waals surface area contributed by atoms with Crippen molar-refractivity contribution in [2.45, 2.75) is 0 Å². The molecule has 0 N–H and O–H groups in total. The highest BCUT2D eigenvalue weighted by atomic mass is 15.0. The third kappa shape index (κ3) is 4.45. The van der Waals surface area contributed by atoms with E-state index in [1.807, 2.05) is 42.5 Å². The fourth-order valence-electron chi connectivity index (χ4n) is 8.76. The van der Waals surface area contributed by atoms with Crippen molar-refractivity contribution < 1.29 is 0 Å². The fraction of sp³-hybridized carbons (Fsp3) is 0. The van der Waals surface area contributed by atoms with Gasteiger partial charge in [0.25, 0.3) is 0 Å². The van der Waals surface area contributed by atoms with Crippen molar-refractivity contribution in [3.05, 3.63) is 187 Å². The van der Waals surface area contributed by atoms with Gasteiger partial charge in [-0.15, -0.1) is 0 Å². The van der Waals surface area contributed by atoms with Crippen LogP contribution in [0, 0.1) is 22.7 Å². The van der Waals surface area contributed by atoms with Crippen LogP contribution in [0.1, 0.15) is 11.1 Å². The van der Waals surface area contributed by atoms with Gasteiger partial charge in [-0.05, 0) is 78.4 Å². The second-order valence-electron chi connectivity index (χ2n) is 14.0. The molecule has 0 aliphatic rings. The maximum absolute atomic E-state index is 10.5. The molecule has 0 bridgehead atoms. The summed E-state index contributed by atoms with van der Waals surface area (Å²) in [5, 5.41) is 27.3. The summed E-state index contributed by atoms with van der Waals surface area (Å²) >= 11 is 0. The molecule has 0 unspecified atom stereocenters. The Labute approximate surface area is 316 Å². The van der Waals surface area contributed by atoms with E-state index in [1.54, 1.807) is 0 Å². The van der Waals surface area contributed by atoms with Crippen molar-refractivity contribution in [2.24, 2.45) is 0 Å². The summed E-state index contributed by atoms with van der Waals surface area (Å²) in [7, 11) is 0. The molecule has 11 rings (SSSR count). The lowest BCUT2D eigenvalue weighted by molar-refractivity contribution is 1.16. The van der Waals surface area contributed by atoms with Crippen LogP contribution in [0.3, 0.4) is 0 Å². The van der Waals surface area contributed by atoms with Gasteiger partial charge in [0.2, 0.25) is 0 Å². The molecule has 0 spiro atoms. The van der Waals surface area contributed by atoms with Gasteiger partial charge in [-0.2, -0.15) is 10.5 Å². The largest absolute Gasteiger partial charge is 0.309 e. The second kappa shape index (κ2) is 11.8. The van der Waals surface area contributed by atoms with Crippen LogP contribution in [0.25, 0.3) is 93.6 Å². The van der Waals surface area contributed by atoms with Crippen molar-refractivity contribution in [3.63, 3.8) is 0 Å². The molecule has 0 saturated carbocycles. The Morgan fingerprint density at radius 1 is 0.345 bits per heavy atom. The molecule has 55 heavy (non-hydrogen) atoms. The zero-order chi connectivity index (χ0) is 36.6. The zero-order valence-corrected chi connectivity index (χ0v) is 29.5. The van der Waals surface area contributed by atoms with E-state index in [9.17, 15) is 10.5 Å². The molecule has 0 atom stereocenters. The highest BCUT2D eigenvalue weighted by molar-refractivity contribution is 6.13. The number of aromatic nitrogens is 3. The highest BCUT2D eigenvalue weighted by Gasteiger charge is 2.20. The Balaban J connectivity index is 1.09. The summed E-state index contributed by atoms with van der Waals surface area (Å²) in [6, 6.07) is 66.0. The predicted octanol–water partition coefficient (Wildman–Crippen LogP) is 12.4. The Morgan fingerprint density at radius 2 is 0.855 bits per heavy atom. The van der Waals surface area contributed by atoms with Crippen LogP contribution in [-0.2, 0) is 0 Å². The first-order chi connectivity index (χ1) is 27.2. The summed E-state index contributed by atoms with van der Waals surface area (Å²) in [4.78, 5) is 0. The first-order valence-corrected chi connectivity index (χ1v) is 18.3. The van der Waals surface area contributed by atoms with Gasteiger partial charge in [-0.1, -0.05) is 103 Å². The lowest BCUT2D eigenvalue weighted by atomic mass is 9.99. The van der Waals surface area contributed by atoms with Gasteiger partial charge in [0.05, 0.1) is 56.0 Å². The van der Waals surface area contributed by atoms with E-state index in [4.69, 9.17) is 0 Å². The summed E-state index contributed by atoms with van der Waals surface area (Å²) in [5.41, 5.74) is 12.6. The monoisotopic (exact) mass is 699 g/mol. The minimum absolute atomic E-state index is 0.563. The summed E-state index contributed by atoms with van der Waals surface area (Å²) in [6.07, 6.45) is 0. The Morgan fingerprint density at radius 3 is 1.45 bits per heavy atom. The van der Waals surface area contributed by atoms with Crippen molar-refractivity contribution in [2.75, 3.05) is 0 Å². The maximum Gasteiger partial charge on any atom is 0.101 e. The van der Waals surface area contributed by atoms with Gasteiger partial charge in [0.1, 0.15) is 6.07 Å². The van der Waals surface area contributed by atoms with E-state index in [2.05, 4.69) is 159 Å². The molecule has 5 heteroatoms. The van der Waals surface area contributed by atoms with Gasteiger partial charge in [-0.3, -0.25) is 0 Å². The molecular formula is C50H29N5. The molecule has 0 aliphatic heterocycles. The van der Waals surface area contributed by atoms with Crippen LogP contribution in [-0.4, -0.2) is 13.7 Å². The first kappa shape index (κ1) is 30.7. The lowest BCUT2D eigenvalue weighted by Crippen LogP contribution is -2.01. The predicted molar refractivity (Wildman–Crippen MR) is 224 cm³/mol.